The number of hydrogen-bond donors (Lipinski definition) is 1. The van der Waals surface area contributed by atoms with Crippen molar-refractivity contribution in [2.24, 2.45) is 10.2 Å². The van der Waals surface area contributed by atoms with Gasteiger partial charge in [-0.25, -0.2) is 14.6 Å². The van der Waals surface area contributed by atoms with Gasteiger partial charge in [0.25, 0.3) is 5.95 Å². The van der Waals surface area contributed by atoms with Crippen molar-refractivity contribution in [3.63, 3.8) is 0 Å². The number of imidazole rings is 1. The molecule has 0 aromatic carbocycles. The van der Waals surface area contributed by atoms with Gasteiger partial charge in [-0.1, -0.05) is 20.8 Å². The molecule has 12 heteroatoms. The Morgan fingerprint density at radius 3 is 2.29 bits per heavy atom. The maximum atomic E-state index is 12.4. The van der Waals surface area contributed by atoms with Crippen molar-refractivity contribution >= 4 is 29.2 Å². The van der Waals surface area contributed by atoms with Crippen LogP contribution in [0.25, 0.3) is 5.65 Å². The highest BCUT2D eigenvalue weighted by Crippen LogP contribution is 2.35. The number of methoxy groups -OCH3 is 2. The minimum absolute atomic E-state index is 0.0492. The van der Waals surface area contributed by atoms with Crippen LogP contribution in [0.5, 0.6) is 0 Å². The molecule has 0 saturated heterocycles. The summed E-state index contributed by atoms with van der Waals surface area (Å²) < 4.78 is 12.8. The lowest BCUT2D eigenvalue weighted by Gasteiger charge is -2.15. The molecule has 0 aliphatic carbocycles. The van der Waals surface area contributed by atoms with Crippen molar-refractivity contribution < 1.29 is 19.1 Å². The summed E-state index contributed by atoms with van der Waals surface area (Å²) >= 11 is 0. The van der Waals surface area contributed by atoms with Gasteiger partial charge in [0.15, 0.2) is 22.7 Å². The lowest BCUT2D eigenvalue weighted by Crippen LogP contribution is -2.17. The van der Waals surface area contributed by atoms with Crippen molar-refractivity contribution in [2.45, 2.75) is 53.0 Å². The minimum Gasteiger partial charge on any atom is -0.464 e. The molecule has 3 heterocycles. The van der Waals surface area contributed by atoms with E-state index < -0.39 is 11.9 Å². The summed E-state index contributed by atoms with van der Waals surface area (Å²) in [6.07, 6.45) is 0. The predicted octanol–water partition coefficient (Wildman–Crippen LogP) is 3.43. The van der Waals surface area contributed by atoms with Crippen LogP contribution in [0.1, 0.15) is 73.2 Å². The number of carbonyl (C=O) groups excluding carboxylic acids is 2. The molecule has 0 atom stereocenters. The van der Waals surface area contributed by atoms with Gasteiger partial charge in [-0.05, 0) is 20.8 Å². The van der Waals surface area contributed by atoms with E-state index in [1.54, 1.807) is 4.52 Å². The Morgan fingerprint density at radius 2 is 1.74 bits per heavy atom. The van der Waals surface area contributed by atoms with E-state index in [1.165, 1.54) is 18.8 Å². The van der Waals surface area contributed by atoms with Crippen LogP contribution in [-0.4, -0.2) is 55.5 Å². The van der Waals surface area contributed by atoms with E-state index in [9.17, 15) is 9.59 Å². The second-order valence-electron chi connectivity index (χ2n) is 8.23. The quantitative estimate of drug-likeness (QED) is 0.483. The van der Waals surface area contributed by atoms with Crippen molar-refractivity contribution in [3.05, 3.63) is 22.9 Å². The molecule has 0 saturated carbocycles. The van der Waals surface area contributed by atoms with E-state index >= 15 is 0 Å². The predicted molar refractivity (Wildman–Crippen MR) is 110 cm³/mol. The number of esters is 2. The smallest absolute Gasteiger partial charge is 0.359 e. The van der Waals surface area contributed by atoms with E-state index in [4.69, 9.17) is 9.47 Å². The van der Waals surface area contributed by atoms with Gasteiger partial charge in [0.1, 0.15) is 5.82 Å². The molecule has 0 unspecified atom stereocenters. The number of H-pyrrole nitrogens is 1. The SMILES string of the molecule is COC(=O)c1nc(N=Nc2c(C(C)(C)C)nn3c(C)n[nH]c23)n(C(C)C)c1C(=O)OC. The zero-order valence-electron chi connectivity index (χ0n) is 18.8. The summed E-state index contributed by atoms with van der Waals surface area (Å²) in [5.74, 6) is -0.767. The fourth-order valence-electron chi connectivity index (χ4n) is 3.13. The lowest BCUT2D eigenvalue weighted by atomic mass is 9.91. The first-order chi connectivity index (χ1) is 14.5. The highest BCUT2D eigenvalue weighted by Gasteiger charge is 2.31. The summed E-state index contributed by atoms with van der Waals surface area (Å²) in [5, 5.41) is 20.4. The van der Waals surface area contributed by atoms with E-state index in [1.807, 2.05) is 41.5 Å². The molecule has 0 radical (unpaired) electrons. The largest absolute Gasteiger partial charge is 0.464 e. The van der Waals surface area contributed by atoms with Crippen LogP contribution in [0.2, 0.25) is 0 Å². The van der Waals surface area contributed by atoms with Crippen LogP contribution in [0.15, 0.2) is 10.2 Å². The summed E-state index contributed by atoms with van der Waals surface area (Å²) in [4.78, 5) is 28.9. The number of azo groups is 1. The first kappa shape index (κ1) is 22.1. The minimum atomic E-state index is -0.774. The molecule has 0 fully saturated rings. The van der Waals surface area contributed by atoms with E-state index in [0.29, 0.717) is 22.9 Å². The summed E-state index contributed by atoms with van der Waals surface area (Å²) in [6.45, 7) is 11.5. The van der Waals surface area contributed by atoms with Gasteiger partial charge in [0.2, 0.25) is 0 Å². The molecule has 1 N–H and O–H groups in total. The number of nitrogens with one attached hydrogen (secondary N) is 1. The van der Waals surface area contributed by atoms with Crippen molar-refractivity contribution in [3.8, 4) is 0 Å². The molecule has 0 amide bonds. The number of aromatic nitrogens is 6. The lowest BCUT2D eigenvalue weighted by molar-refractivity contribution is 0.0542. The Kier molecular flexibility index (Phi) is 5.66. The molecule has 0 bridgehead atoms. The molecule has 0 aliphatic heterocycles. The average molecular weight is 430 g/mol. The maximum Gasteiger partial charge on any atom is 0.359 e. The maximum absolute atomic E-state index is 12.4. The third kappa shape index (κ3) is 3.80. The number of nitrogens with zero attached hydrogens (tertiary/aromatic N) is 7. The Labute approximate surface area is 178 Å². The molecule has 12 nitrogen and oxygen atoms in total. The van der Waals surface area contributed by atoms with Gasteiger partial charge in [0, 0.05) is 11.5 Å². The zero-order chi connectivity index (χ0) is 23.1. The summed E-state index contributed by atoms with van der Waals surface area (Å²) in [6, 6.07) is -0.266. The van der Waals surface area contributed by atoms with E-state index in [2.05, 4.69) is 30.5 Å². The van der Waals surface area contributed by atoms with E-state index in [0.717, 1.165) is 0 Å². The van der Waals surface area contributed by atoms with Gasteiger partial charge in [0.05, 0.1) is 19.9 Å². The standard InChI is InChI=1S/C19H26N8O4/c1-9(2)26-13(17(29)31-8)11(16(28)30-7)20-18(26)24-22-12-14(19(4,5)6)25-27-10(3)21-23-15(12)27/h9,23H,1-8H3. The number of hydrogen-bond acceptors (Lipinski definition) is 9. The second-order valence-corrected chi connectivity index (χ2v) is 8.23. The Bertz CT molecular complexity index is 1180. The fraction of sp³-hybridized carbons (Fsp3) is 0.526. The first-order valence-corrected chi connectivity index (χ1v) is 9.66. The third-order valence-corrected chi connectivity index (χ3v) is 4.61. The van der Waals surface area contributed by atoms with Crippen LogP contribution in [0.4, 0.5) is 11.6 Å². The van der Waals surface area contributed by atoms with E-state index in [-0.39, 0.29) is 28.8 Å². The van der Waals surface area contributed by atoms with Gasteiger partial charge in [-0.15, -0.1) is 10.2 Å². The van der Waals surface area contributed by atoms with Gasteiger partial charge >= 0.3 is 11.9 Å². The molecule has 3 aromatic heterocycles. The Balaban J connectivity index is 2.23. The van der Waals surface area contributed by atoms with Crippen LogP contribution in [0, 0.1) is 6.92 Å². The van der Waals surface area contributed by atoms with Crippen LogP contribution in [-0.2, 0) is 14.9 Å². The normalized spacial score (nSPS) is 12.3. The van der Waals surface area contributed by atoms with Crippen molar-refractivity contribution in [1.29, 1.82) is 0 Å². The van der Waals surface area contributed by atoms with Gasteiger partial charge in [-0.3, -0.25) is 9.67 Å². The molecule has 0 aliphatic rings. The molecular formula is C19H26N8O4. The van der Waals surface area contributed by atoms with Crippen molar-refractivity contribution in [2.75, 3.05) is 14.2 Å². The average Bonchev–Trinajstić information content (AvgIpc) is 3.37. The molecular weight excluding hydrogens is 404 g/mol. The number of fused-ring (bicyclic) bond motifs is 1. The topological polar surface area (TPSA) is 141 Å². The molecule has 166 valence electrons. The Hall–Kier alpha value is -3.57. The molecule has 3 rings (SSSR count). The second kappa shape index (κ2) is 7.93. The number of aryl methyl sites for hydroxylation is 1. The highest BCUT2D eigenvalue weighted by atomic mass is 16.5. The molecule has 31 heavy (non-hydrogen) atoms. The highest BCUT2D eigenvalue weighted by molar-refractivity contribution is 6.01. The number of aromatic amines is 1. The van der Waals surface area contributed by atoms with Gasteiger partial charge in [-0.2, -0.15) is 14.7 Å². The fourth-order valence-corrected chi connectivity index (χ4v) is 3.13. The van der Waals surface area contributed by atoms with Gasteiger partial charge < -0.3 is 9.47 Å². The number of carbonyl (C=O) groups is 2. The van der Waals surface area contributed by atoms with Crippen LogP contribution in [0.3, 0.4) is 0 Å². The monoisotopic (exact) mass is 430 g/mol. The van der Waals surface area contributed by atoms with Crippen LogP contribution < -0.4 is 0 Å². The van der Waals surface area contributed by atoms with Crippen molar-refractivity contribution in [1.82, 2.24) is 29.4 Å². The first-order valence-electron chi connectivity index (χ1n) is 9.66. The third-order valence-electron chi connectivity index (χ3n) is 4.61. The zero-order valence-corrected chi connectivity index (χ0v) is 18.8. The molecule has 3 aromatic rings. The number of ether oxygens (including phenoxy) is 2. The summed E-state index contributed by atoms with van der Waals surface area (Å²) in [5.41, 5.74) is 1.21. The van der Waals surface area contributed by atoms with Crippen LogP contribution >= 0.6 is 0 Å². The summed E-state index contributed by atoms with van der Waals surface area (Å²) in [7, 11) is 2.43. The molecule has 0 spiro atoms. The number of rotatable bonds is 5. The Morgan fingerprint density at radius 1 is 1.10 bits per heavy atom.